The summed E-state index contributed by atoms with van der Waals surface area (Å²) in [6.45, 7) is 1.92. The number of nitrogens with zero attached hydrogens (tertiary/aromatic N) is 2. The molecule has 19 heavy (non-hydrogen) atoms. The Kier molecular flexibility index (Phi) is 2.95. The Balaban J connectivity index is 2.04. The molecule has 0 aliphatic carbocycles. The molecule has 5 nitrogen and oxygen atoms in total. The van der Waals surface area contributed by atoms with Gasteiger partial charge < -0.3 is 16.0 Å². The molecule has 1 aliphatic rings. The summed E-state index contributed by atoms with van der Waals surface area (Å²) in [7, 11) is 0. The van der Waals surface area contributed by atoms with E-state index >= 15 is 0 Å². The fourth-order valence-corrected chi connectivity index (χ4v) is 2.47. The summed E-state index contributed by atoms with van der Waals surface area (Å²) >= 11 is 0. The van der Waals surface area contributed by atoms with Crippen molar-refractivity contribution < 1.29 is 4.79 Å². The molecule has 2 heterocycles. The molecular weight excluding hydrogens is 240 g/mol. The molecule has 5 heteroatoms. The lowest BCUT2D eigenvalue weighted by Gasteiger charge is -2.23. The van der Waals surface area contributed by atoms with E-state index in [0.29, 0.717) is 6.54 Å². The van der Waals surface area contributed by atoms with E-state index in [0.717, 1.165) is 41.7 Å². The highest BCUT2D eigenvalue weighted by Gasteiger charge is 2.17. The number of nitrogens with one attached hydrogen (secondary N) is 1. The van der Waals surface area contributed by atoms with Crippen molar-refractivity contribution in [1.29, 1.82) is 0 Å². The van der Waals surface area contributed by atoms with Gasteiger partial charge >= 0.3 is 0 Å². The number of carbonyl (C=O) groups is 1. The quantitative estimate of drug-likeness (QED) is 0.751. The second-order valence-corrected chi connectivity index (χ2v) is 4.72. The maximum absolute atomic E-state index is 11.6. The van der Waals surface area contributed by atoms with E-state index in [9.17, 15) is 4.79 Å². The lowest BCUT2D eigenvalue weighted by molar-refractivity contribution is -0.119. The van der Waals surface area contributed by atoms with E-state index in [1.807, 2.05) is 23.1 Å². The van der Waals surface area contributed by atoms with Crippen molar-refractivity contribution >= 4 is 28.1 Å². The van der Waals surface area contributed by atoms with Crippen molar-refractivity contribution in [2.45, 2.75) is 6.42 Å². The first-order chi connectivity index (χ1) is 9.25. The molecule has 0 saturated carbocycles. The number of pyridine rings is 1. The SMILES string of the molecule is Nc1c(N2CCCNC(=O)C2)ccc2cnccc12. The number of hydrogen-bond donors (Lipinski definition) is 2. The van der Waals surface area contributed by atoms with Gasteiger partial charge in [0.1, 0.15) is 0 Å². The molecule has 3 rings (SSSR count). The van der Waals surface area contributed by atoms with Crippen LogP contribution in [0.4, 0.5) is 11.4 Å². The Hall–Kier alpha value is -2.30. The highest BCUT2D eigenvalue weighted by Crippen LogP contribution is 2.31. The summed E-state index contributed by atoms with van der Waals surface area (Å²) in [4.78, 5) is 17.8. The van der Waals surface area contributed by atoms with Crippen LogP contribution in [-0.2, 0) is 4.79 Å². The second-order valence-electron chi connectivity index (χ2n) is 4.72. The molecule has 0 atom stereocenters. The molecule has 1 aliphatic heterocycles. The largest absolute Gasteiger partial charge is 0.397 e. The third-order valence-electron chi connectivity index (χ3n) is 3.44. The van der Waals surface area contributed by atoms with Crippen molar-refractivity contribution in [1.82, 2.24) is 10.3 Å². The molecule has 0 unspecified atom stereocenters. The van der Waals surface area contributed by atoms with Crippen LogP contribution in [0.15, 0.2) is 30.6 Å². The van der Waals surface area contributed by atoms with Crippen LogP contribution < -0.4 is 16.0 Å². The summed E-state index contributed by atoms with van der Waals surface area (Å²) in [5.41, 5.74) is 7.89. The highest BCUT2D eigenvalue weighted by molar-refractivity contribution is 5.99. The Bertz CT molecular complexity index is 626. The molecule has 3 N–H and O–H groups in total. The third kappa shape index (κ3) is 2.19. The van der Waals surface area contributed by atoms with Gasteiger partial charge in [0.15, 0.2) is 0 Å². The van der Waals surface area contributed by atoms with Crippen molar-refractivity contribution in [3.63, 3.8) is 0 Å². The maximum Gasteiger partial charge on any atom is 0.239 e. The van der Waals surface area contributed by atoms with Gasteiger partial charge in [-0.25, -0.2) is 0 Å². The monoisotopic (exact) mass is 256 g/mol. The predicted molar refractivity (Wildman–Crippen MR) is 76.0 cm³/mol. The normalized spacial score (nSPS) is 16.2. The van der Waals surface area contributed by atoms with E-state index in [1.165, 1.54) is 0 Å². The Labute approximate surface area is 111 Å². The first kappa shape index (κ1) is 11.8. The van der Waals surface area contributed by atoms with Gasteiger partial charge in [-0.1, -0.05) is 6.07 Å². The third-order valence-corrected chi connectivity index (χ3v) is 3.44. The number of rotatable bonds is 1. The zero-order valence-corrected chi connectivity index (χ0v) is 10.6. The van der Waals surface area contributed by atoms with Crippen molar-refractivity contribution in [2.24, 2.45) is 0 Å². The van der Waals surface area contributed by atoms with Crippen LogP contribution in [0, 0.1) is 0 Å². The van der Waals surface area contributed by atoms with Gasteiger partial charge in [-0.15, -0.1) is 0 Å². The average Bonchev–Trinajstić information content (AvgIpc) is 2.64. The van der Waals surface area contributed by atoms with Crippen molar-refractivity contribution in [3.05, 3.63) is 30.6 Å². The predicted octanol–water partition coefficient (Wildman–Crippen LogP) is 1.14. The van der Waals surface area contributed by atoms with Gasteiger partial charge in [0.2, 0.25) is 5.91 Å². The molecule has 0 bridgehead atoms. The topological polar surface area (TPSA) is 71.2 Å². The van der Waals surface area contributed by atoms with Crippen LogP contribution in [0.3, 0.4) is 0 Å². The summed E-state index contributed by atoms with van der Waals surface area (Å²) in [6.07, 6.45) is 4.46. The number of nitrogens with two attached hydrogens (primary N) is 1. The molecule has 98 valence electrons. The van der Waals surface area contributed by atoms with Gasteiger partial charge in [0, 0.05) is 36.3 Å². The number of nitrogen functional groups attached to an aromatic ring is 1. The van der Waals surface area contributed by atoms with Gasteiger partial charge in [-0.3, -0.25) is 9.78 Å². The van der Waals surface area contributed by atoms with Gasteiger partial charge in [0.25, 0.3) is 0 Å². The zero-order chi connectivity index (χ0) is 13.2. The molecule has 1 fully saturated rings. The molecule has 1 saturated heterocycles. The minimum atomic E-state index is 0.0479. The maximum atomic E-state index is 11.6. The minimum Gasteiger partial charge on any atom is -0.397 e. The van der Waals surface area contributed by atoms with E-state index in [4.69, 9.17) is 5.73 Å². The number of anilines is 2. The van der Waals surface area contributed by atoms with E-state index in [1.54, 1.807) is 12.4 Å². The number of carbonyl (C=O) groups excluding carboxylic acids is 1. The fraction of sp³-hybridized carbons (Fsp3) is 0.286. The number of fused-ring (bicyclic) bond motifs is 1. The zero-order valence-electron chi connectivity index (χ0n) is 10.6. The van der Waals surface area contributed by atoms with Crippen LogP contribution in [0.25, 0.3) is 10.8 Å². The Morgan fingerprint density at radius 3 is 3.11 bits per heavy atom. The first-order valence-corrected chi connectivity index (χ1v) is 6.39. The number of hydrogen-bond acceptors (Lipinski definition) is 4. The Morgan fingerprint density at radius 1 is 1.32 bits per heavy atom. The standard InChI is InChI=1S/C14H16N4O/c15-14-11-4-6-16-8-10(11)2-3-12(14)18-7-1-5-17-13(19)9-18/h2-4,6,8H,1,5,7,9,15H2,(H,17,19). The highest BCUT2D eigenvalue weighted by atomic mass is 16.2. The van der Waals surface area contributed by atoms with Gasteiger partial charge in [0.05, 0.1) is 17.9 Å². The number of amides is 1. The molecule has 1 amide bonds. The van der Waals surface area contributed by atoms with Gasteiger partial charge in [-0.2, -0.15) is 0 Å². The summed E-state index contributed by atoms with van der Waals surface area (Å²) in [6, 6.07) is 5.88. The molecular formula is C14H16N4O. The lowest BCUT2D eigenvalue weighted by Crippen LogP contribution is -2.33. The molecule has 1 aromatic heterocycles. The number of benzene rings is 1. The average molecular weight is 256 g/mol. The van der Waals surface area contributed by atoms with Crippen LogP contribution in [0.2, 0.25) is 0 Å². The second kappa shape index (κ2) is 4.76. The van der Waals surface area contributed by atoms with Gasteiger partial charge in [-0.05, 0) is 18.6 Å². The van der Waals surface area contributed by atoms with E-state index < -0.39 is 0 Å². The van der Waals surface area contributed by atoms with Crippen LogP contribution >= 0.6 is 0 Å². The number of aromatic nitrogens is 1. The smallest absolute Gasteiger partial charge is 0.239 e. The summed E-state index contributed by atoms with van der Waals surface area (Å²) < 4.78 is 0. The molecule has 0 radical (unpaired) electrons. The molecule has 1 aromatic carbocycles. The first-order valence-electron chi connectivity index (χ1n) is 6.39. The van der Waals surface area contributed by atoms with Crippen LogP contribution in [-0.4, -0.2) is 30.5 Å². The van der Waals surface area contributed by atoms with Crippen molar-refractivity contribution in [3.8, 4) is 0 Å². The fourth-order valence-electron chi connectivity index (χ4n) is 2.47. The lowest BCUT2D eigenvalue weighted by atomic mass is 10.1. The summed E-state index contributed by atoms with van der Waals surface area (Å²) in [5.74, 6) is 0.0479. The summed E-state index contributed by atoms with van der Waals surface area (Å²) in [5, 5.41) is 4.87. The Morgan fingerprint density at radius 2 is 2.21 bits per heavy atom. The minimum absolute atomic E-state index is 0.0479. The molecule has 2 aromatic rings. The van der Waals surface area contributed by atoms with E-state index in [-0.39, 0.29) is 5.91 Å². The van der Waals surface area contributed by atoms with Crippen molar-refractivity contribution in [2.75, 3.05) is 30.3 Å². The van der Waals surface area contributed by atoms with Crippen LogP contribution in [0.5, 0.6) is 0 Å². The van der Waals surface area contributed by atoms with Crippen LogP contribution in [0.1, 0.15) is 6.42 Å². The van der Waals surface area contributed by atoms with E-state index in [2.05, 4.69) is 10.3 Å². The molecule has 0 spiro atoms.